The highest BCUT2D eigenvalue weighted by molar-refractivity contribution is 9.10. The van der Waals surface area contributed by atoms with Crippen LogP contribution >= 0.6 is 15.9 Å². The third kappa shape index (κ3) is 1.75. The Hall–Kier alpha value is -1.23. The molecule has 1 rings (SSSR count). The monoisotopic (exact) mass is 243 g/mol. The smallest absolute Gasteiger partial charge is 0.336 e. The van der Waals surface area contributed by atoms with Crippen molar-refractivity contribution in [3.63, 3.8) is 0 Å². The van der Waals surface area contributed by atoms with Gasteiger partial charge in [0.25, 0.3) is 0 Å². The average molecular weight is 244 g/mol. The largest absolute Gasteiger partial charge is 0.478 e. The first-order valence-electron chi connectivity index (χ1n) is 3.43. The summed E-state index contributed by atoms with van der Waals surface area (Å²) in [4.78, 5) is 21.0. The molecule has 0 spiro atoms. The molecular formula is C8H6BrNO3. The fourth-order valence-electron chi connectivity index (χ4n) is 1.01. The van der Waals surface area contributed by atoms with Gasteiger partial charge in [0.05, 0.1) is 5.56 Å². The molecule has 0 unspecified atom stereocenters. The Morgan fingerprint density at radius 2 is 2.15 bits per heavy atom. The van der Waals surface area contributed by atoms with Gasteiger partial charge in [0.2, 0.25) is 0 Å². The topological polar surface area (TPSA) is 66.7 Å². The highest BCUT2D eigenvalue weighted by Crippen LogP contribution is 2.30. The normalized spacial score (nSPS) is 9.69. The van der Waals surface area contributed by atoms with Gasteiger partial charge in [0.1, 0.15) is 5.69 Å². The Morgan fingerprint density at radius 3 is 2.62 bits per heavy atom. The molecule has 4 nitrogen and oxygen atoms in total. The van der Waals surface area contributed by atoms with E-state index in [1.807, 2.05) is 0 Å². The molecule has 0 saturated carbocycles. The van der Waals surface area contributed by atoms with Crippen LogP contribution in [0.2, 0.25) is 0 Å². The van der Waals surface area contributed by atoms with Crippen LogP contribution in [0.1, 0.15) is 15.9 Å². The van der Waals surface area contributed by atoms with Crippen molar-refractivity contribution in [2.45, 2.75) is 6.92 Å². The van der Waals surface area contributed by atoms with Crippen LogP contribution in [0.3, 0.4) is 0 Å². The predicted molar refractivity (Wildman–Crippen MR) is 51.3 cm³/mol. The van der Waals surface area contributed by atoms with Crippen molar-refractivity contribution in [2.75, 3.05) is 0 Å². The molecule has 0 aliphatic rings. The molecule has 1 aromatic rings. The van der Waals surface area contributed by atoms with Crippen LogP contribution in [0.5, 0.6) is 0 Å². The lowest BCUT2D eigenvalue weighted by molar-refractivity contribution is 0.0696. The van der Waals surface area contributed by atoms with Gasteiger partial charge in [0, 0.05) is 4.47 Å². The van der Waals surface area contributed by atoms with E-state index in [0.717, 1.165) is 0 Å². The van der Waals surface area contributed by atoms with Crippen LogP contribution in [0.4, 0.5) is 5.69 Å². The summed E-state index contributed by atoms with van der Waals surface area (Å²) in [6, 6.07) is 2.92. The number of carbonyl (C=O) groups is 1. The second-order valence-electron chi connectivity index (χ2n) is 2.46. The van der Waals surface area contributed by atoms with E-state index in [1.165, 1.54) is 12.1 Å². The van der Waals surface area contributed by atoms with Gasteiger partial charge in [-0.15, -0.1) is 4.91 Å². The van der Waals surface area contributed by atoms with Crippen molar-refractivity contribution in [3.05, 3.63) is 32.6 Å². The number of halogens is 1. The second kappa shape index (κ2) is 3.66. The van der Waals surface area contributed by atoms with Crippen molar-refractivity contribution >= 4 is 27.6 Å². The summed E-state index contributed by atoms with van der Waals surface area (Å²) in [7, 11) is 0. The van der Waals surface area contributed by atoms with Gasteiger partial charge >= 0.3 is 5.97 Å². The van der Waals surface area contributed by atoms with Gasteiger partial charge in [-0.1, -0.05) is 0 Å². The zero-order valence-electron chi connectivity index (χ0n) is 6.74. The number of hydrogen-bond acceptors (Lipinski definition) is 3. The molecule has 13 heavy (non-hydrogen) atoms. The molecular weight excluding hydrogens is 238 g/mol. The Morgan fingerprint density at radius 1 is 1.54 bits per heavy atom. The number of hydrogen-bond donors (Lipinski definition) is 1. The molecule has 0 atom stereocenters. The molecule has 0 bridgehead atoms. The maximum absolute atomic E-state index is 10.6. The molecule has 0 aromatic heterocycles. The quantitative estimate of drug-likeness (QED) is 0.813. The molecule has 68 valence electrons. The molecule has 0 aliphatic carbocycles. The van der Waals surface area contributed by atoms with Crippen molar-refractivity contribution in [2.24, 2.45) is 5.18 Å². The van der Waals surface area contributed by atoms with Gasteiger partial charge < -0.3 is 5.11 Å². The summed E-state index contributed by atoms with van der Waals surface area (Å²) in [5.74, 6) is -1.06. The van der Waals surface area contributed by atoms with Crippen LogP contribution in [0.25, 0.3) is 0 Å². The van der Waals surface area contributed by atoms with Crippen LogP contribution in [-0.4, -0.2) is 11.1 Å². The summed E-state index contributed by atoms with van der Waals surface area (Å²) < 4.78 is 0.505. The van der Waals surface area contributed by atoms with Gasteiger partial charge in [-0.3, -0.25) is 0 Å². The first-order chi connectivity index (χ1) is 6.07. The highest BCUT2D eigenvalue weighted by Gasteiger charge is 2.13. The van der Waals surface area contributed by atoms with E-state index in [4.69, 9.17) is 5.11 Å². The molecule has 5 heteroatoms. The third-order valence-corrected chi connectivity index (χ3v) is 2.34. The molecule has 0 amide bonds. The SMILES string of the molecule is Cc1c(C(=O)O)ccc(Br)c1N=O. The molecule has 0 aliphatic heterocycles. The van der Waals surface area contributed by atoms with E-state index < -0.39 is 5.97 Å². The highest BCUT2D eigenvalue weighted by atomic mass is 79.9. The van der Waals surface area contributed by atoms with Crippen LogP contribution < -0.4 is 0 Å². The third-order valence-electron chi connectivity index (χ3n) is 1.70. The lowest BCUT2D eigenvalue weighted by Crippen LogP contribution is -1.99. The molecule has 1 aromatic carbocycles. The zero-order chi connectivity index (χ0) is 10.0. The minimum atomic E-state index is -1.06. The number of rotatable bonds is 2. The number of carboxylic acid groups (broad SMARTS) is 1. The Labute approximate surface area is 82.7 Å². The standard InChI is InChI=1S/C8H6BrNO3/c1-4-5(8(11)12)2-3-6(9)7(4)10-13/h2-3H,1H3,(H,11,12). The number of carboxylic acids is 1. The Bertz CT molecular complexity index is 376. The molecule has 0 fully saturated rings. The minimum absolute atomic E-state index is 0.0952. The second-order valence-corrected chi connectivity index (χ2v) is 3.32. The number of benzene rings is 1. The fourth-order valence-corrected chi connectivity index (χ4v) is 1.51. The number of aromatic carboxylic acids is 1. The van der Waals surface area contributed by atoms with Crippen molar-refractivity contribution in [1.82, 2.24) is 0 Å². The average Bonchev–Trinajstić information content (AvgIpc) is 2.04. The van der Waals surface area contributed by atoms with Gasteiger partial charge in [0.15, 0.2) is 0 Å². The Kier molecular flexibility index (Phi) is 2.77. The maximum Gasteiger partial charge on any atom is 0.336 e. The molecule has 0 saturated heterocycles. The summed E-state index contributed by atoms with van der Waals surface area (Å²) in [6.07, 6.45) is 0. The van der Waals surface area contributed by atoms with E-state index in [2.05, 4.69) is 21.1 Å². The van der Waals surface area contributed by atoms with Crippen molar-refractivity contribution < 1.29 is 9.90 Å². The van der Waals surface area contributed by atoms with E-state index in [0.29, 0.717) is 10.0 Å². The predicted octanol–water partition coefficient (Wildman–Crippen LogP) is 2.85. The van der Waals surface area contributed by atoms with Crippen LogP contribution in [0.15, 0.2) is 21.8 Å². The lowest BCUT2D eigenvalue weighted by atomic mass is 10.1. The summed E-state index contributed by atoms with van der Waals surface area (Å²) in [5.41, 5.74) is 0.606. The summed E-state index contributed by atoms with van der Waals surface area (Å²) in [5, 5.41) is 11.5. The first-order valence-corrected chi connectivity index (χ1v) is 4.23. The zero-order valence-corrected chi connectivity index (χ0v) is 8.33. The fraction of sp³-hybridized carbons (Fsp3) is 0.125. The molecule has 0 heterocycles. The van der Waals surface area contributed by atoms with E-state index in [9.17, 15) is 9.70 Å². The summed E-state index contributed by atoms with van der Waals surface area (Å²) >= 11 is 3.10. The first kappa shape index (κ1) is 9.85. The van der Waals surface area contributed by atoms with Gasteiger partial charge in [-0.25, -0.2) is 4.79 Å². The van der Waals surface area contributed by atoms with E-state index >= 15 is 0 Å². The van der Waals surface area contributed by atoms with E-state index in [1.54, 1.807) is 6.92 Å². The van der Waals surface area contributed by atoms with Crippen LogP contribution in [-0.2, 0) is 0 Å². The maximum atomic E-state index is 10.6. The summed E-state index contributed by atoms with van der Waals surface area (Å²) in [6.45, 7) is 1.55. The van der Waals surface area contributed by atoms with Crippen molar-refractivity contribution in [3.8, 4) is 0 Å². The van der Waals surface area contributed by atoms with E-state index in [-0.39, 0.29) is 11.3 Å². The van der Waals surface area contributed by atoms with Crippen molar-refractivity contribution in [1.29, 1.82) is 0 Å². The van der Waals surface area contributed by atoms with Crippen LogP contribution in [0, 0.1) is 11.8 Å². The molecule has 1 N–H and O–H groups in total. The van der Waals surface area contributed by atoms with Gasteiger partial charge in [-0.05, 0) is 45.7 Å². The van der Waals surface area contributed by atoms with Gasteiger partial charge in [-0.2, -0.15) is 0 Å². The lowest BCUT2D eigenvalue weighted by Gasteiger charge is -2.03. The minimum Gasteiger partial charge on any atom is -0.478 e. The Balaban J connectivity index is 3.44. The number of nitroso groups, excluding NO2 is 1. The number of nitrogens with zero attached hydrogens (tertiary/aromatic N) is 1. The molecule has 0 radical (unpaired) electrons.